The van der Waals surface area contributed by atoms with Crippen LogP contribution < -0.4 is 5.32 Å². The molecule has 0 rings (SSSR count). The number of rotatable bonds is 67. The van der Waals surface area contributed by atoms with Crippen molar-refractivity contribution in [3.05, 3.63) is 134 Å². The van der Waals surface area contributed by atoms with Gasteiger partial charge in [-0.1, -0.05) is 372 Å². The lowest BCUT2D eigenvalue weighted by molar-refractivity contribution is -0.123. The van der Waals surface area contributed by atoms with Gasteiger partial charge in [-0.25, -0.2) is 0 Å². The second kappa shape index (κ2) is 74.8. The second-order valence-electron chi connectivity index (χ2n) is 24.6. The summed E-state index contributed by atoms with van der Waals surface area (Å²) < 4.78 is 0. The fourth-order valence-corrected chi connectivity index (χ4v) is 10.8. The lowest BCUT2D eigenvalue weighted by Crippen LogP contribution is -2.45. The highest BCUT2D eigenvalue weighted by Gasteiger charge is 2.18. The van der Waals surface area contributed by atoms with Crippen LogP contribution in [-0.2, 0) is 4.79 Å². The van der Waals surface area contributed by atoms with Gasteiger partial charge in [0.15, 0.2) is 0 Å². The van der Waals surface area contributed by atoms with Gasteiger partial charge >= 0.3 is 0 Å². The number of hydrogen-bond acceptors (Lipinski definition) is 3. The van der Waals surface area contributed by atoms with Gasteiger partial charge in [-0.05, 0) is 109 Å². The Morgan fingerprint density at radius 1 is 0.294 bits per heavy atom. The molecule has 3 N–H and O–H groups in total. The van der Waals surface area contributed by atoms with Crippen LogP contribution in [0.15, 0.2) is 134 Å². The molecule has 85 heavy (non-hydrogen) atoms. The van der Waals surface area contributed by atoms with Crippen LogP contribution in [0.4, 0.5) is 0 Å². The van der Waals surface area contributed by atoms with Gasteiger partial charge in [0.1, 0.15) is 0 Å². The quantitative estimate of drug-likeness (QED) is 0.0420. The van der Waals surface area contributed by atoms with E-state index in [0.29, 0.717) is 6.42 Å². The minimum absolute atomic E-state index is 0.0780. The standard InChI is InChI=1S/C81H141NO3/c1-3-5-7-9-11-13-15-17-19-21-23-25-27-29-31-33-35-37-38-39-40-41-42-43-44-45-47-49-51-53-55-57-59-61-63-65-67-69-71-73-75-77-81(85)82-79(78-83)80(84)76-74-72-70-68-66-64-62-60-58-56-54-52-50-48-46-36-34-32-30-28-26-24-22-20-18-16-14-12-10-8-6-4-2/h5,7,11,13,17,19,23,25,29,31,35,37,39-40,42-43,58,60,66,68,74,76,79-80,83-84H,3-4,6,8-10,12,14-16,18,20-22,24,26-28,30,32-34,36,38,41,44-57,59,61-65,67,69-73,75,77-78H2,1-2H3,(H,82,85)/b7-5-,13-11-,19-17-,25-23-,31-29-,37-35-,40-39-,43-42-,60-58+,68-66+,76-74+. The molecule has 0 heterocycles. The van der Waals surface area contributed by atoms with E-state index in [4.69, 9.17) is 0 Å². The summed E-state index contributed by atoms with van der Waals surface area (Å²) in [5, 5.41) is 23.3. The maximum absolute atomic E-state index is 12.6. The Morgan fingerprint density at radius 3 is 0.824 bits per heavy atom. The molecule has 1 amide bonds. The largest absolute Gasteiger partial charge is 0.394 e. The molecule has 0 saturated heterocycles. The maximum Gasteiger partial charge on any atom is 0.220 e. The third-order valence-corrected chi connectivity index (χ3v) is 16.3. The van der Waals surface area contributed by atoms with E-state index in [2.05, 4.69) is 141 Å². The summed E-state index contributed by atoms with van der Waals surface area (Å²) in [6.45, 7) is 4.20. The minimum atomic E-state index is -0.879. The zero-order valence-corrected chi connectivity index (χ0v) is 56.3. The third kappa shape index (κ3) is 71.2. The summed E-state index contributed by atoms with van der Waals surface area (Å²) in [7, 11) is 0. The van der Waals surface area contributed by atoms with Crippen molar-refractivity contribution >= 4 is 5.91 Å². The monoisotopic (exact) mass is 1180 g/mol. The lowest BCUT2D eigenvalue weighted by Gasteiger charge is -2.19. The highest BCUT2D eigenvalue weighted by molar-refractivity contribution is 5.76. The van der Waals surface area contributed by atoms with Gasteiger partial charge in [-0.15, -0.1) is 0 Å². The number of hydrogen-bond donors (Lipinski definition) is 3. The average molecular weight is 1180 g/mol. The summed E-state index contributed by atoms with van der Waals surface area (Å²) in [5.74, 6) is -0.0780. The predicted molar refractivity (Wildman–Crippen MR) is 382 cm³/mol. The Kier molecular flexibility index (Phi) is 71.7. The van der Waals surface area contributed by atoms with E-state index >= 15 is 0 Å². The van der Waals surface area contributed by atoms with Gasteiger partial charge in [-0.2, -0.15) is 0 Å². The molecule has 0 aliphatic carbocycles. The summed E-state index contributed by atoms with van der Waals surface area (Å²) in [4.78, 5) is 12.6. The van der Waals surface area contributed by atoms with Gasteiger partial charge in [0.05, 0.1) is 18.8 Å². The normalized spacial score (nSPS) is 13.5. The predicted octanol–water partition coefficient (Wildman–Crippen LogP) is 25.7. The van der Waals surface area contributed by atoms with Crippen LogP contribution in [0, 0.1) is 0 Å². The number of nitrogens with one attached hydrogen (secondary N) is 1. The van der Waals surface area contributed by atoms with Gasteiger partial charge in [-0.3, -0.25) is 4.79 Å². The van der Waals surface area contributed by atoms with Gasteiger partial charge in [0.2, 0.25) is 5.91 Å². The molecule has 2 unspecified atom stereocenters. The van der Waals surface area contributed by atoms with Crippen LogP contribution in [-0.4, -0.2) is 34.9 Å². The van der Waals surface area contributed by atoms with E-state index in [-0.39, 0.29) is 12.5 Å². The highest BCUT2D eigenvalue weighted by atomic mass is 16.3. The number of amides is 1. The van der Waals surface area contributed by atoms with E-state index in [0.717, 1.165) is 89.9 Å². The van der Waals surface area contributed by atoms with E-state index < -0.39 is 12.1 Å². The first-order valence-corrected chi connectivity index (χ1v) is 36.9. The molecular formula is C81H141NO3. The molecule has 0 saturated carbocycles. The Bertz CT molecular complexity index is 1670. The molecular weight excluding hydrogens is 1030 g/mol. The lowest BCUT2D eigenvalue weighted by atomic mass is 10.0. The van der Waals surface area contributed by atoms with Crippen LogP contribution in [0.3, 0.4) is 0 Å². The first kappa shape index (κ1) is 81.5. The fraction of sp³-hybridized carbons (Fsp3) is 0.716. The molecule has 488 valence electrons. The number of allylic oxidation sites excluding steroid dienone is 21. The zero-order valence-electron chi connectivity index (χ0n) is 56.3. The Balaban J connectivity index is 3.54. The Labute approximate surface area is 530 Å². The van der Waals surface area contributed by atoms with Crippen molar-refractivity contribution in [3.8, 4) is 0 Å². The molecule has 0 aromatic rings. The molecule has 0 aromatic heterocycles. The van der Waals surface area contributed by atoms with Crippen molar-refractivity contribution < 1.29 is 15.0 Å². The Morgan fingerprint density at radius 2 is 0.529 bits per heavy atom. The smallest absolute Gasteiger partial charge is 0.220 e. The summed E-state index contributed by atoms with van der Waals surface area (Å²) in [5.41, 5.74) is 0. The van der Waals surface area contributed by atoms with Crippen molar-refractivity contribution in [2.45, 2.75) is 366 Å². The SMILES string of the molecule is CC/C=C\C/C=C\C/C=C\C/C=C\C/C=C\C/C=C\C/C=C\C/C=C\CCCCCCCCCCCCCCCCCCC(=O)NC(CO)C(O)/C=C/CC/C=C/CC/C=C/CCCCCCCCCCCCCCCCCCCCCCCC. The zero-order chi connectivity index (χ0) is 61.2. The second-order valence-corrected chi connectivity index (χ2v) is 24.6. The number of carbonyl (C=O) groups is 1. The number of aliphatic hydroxyl groups is 2. The minimum Gasteiger partial charge on any atom is -0.394 e. The van der Waals surface area contributed by atoms with Crippen LogP contribution in [0.2, 0.25) is 0 Å². The first-order valence-electron chi connectivity index (χ1n) is 36.9. The average Bonchev–Trinajstić information content (AvgIpc) is 3.51. The van der Waals surface area contributed by atoms with Crippen molar-refractivity contribution in [3.63, 3.8) is 0 Å². The molecule has 0 aromatic carbocycles. The highest BCUT2D eigenvalue weighted by Crippen LogP contribution is 2.18. The van der Waals surface area contributed by atoms with Crippen molar-refractivity contribution in [2.24, 2.45) is 0 Å². The molecule has 0 fully saturated rings. The number of unbranched alkanes of at least 4 members (excludes halogenated alkanes) is 40. The van der Waals surface area contributed by atoms with E-state index in [1.807, 2.05) is 6.08 Å². The third-order valence-electron chi connectivity index (χ3n) is 16.3. The van der Waals surface area contributed by atoms with Crippen LogP contribution in [0.5, 0.6) is 0 Å². The molecule has 0 radical (unpaired) electrons. The Hall–Kier alpha value is -3.47. The summed E-state index contributed by atoms with van der Waals surface area (Å²) >= 11 is 0. The van der Waals surface area contributed by atoms with Crippen molar-refractivity contribution in [1.29, 1.82) is 0 Å². The number of carbonyl (C=O) groups excluding carboxylic acids is 1. The van der Waals surface area contributed by atoms with E-state index in [1.165, 1.54) is 244 Å². The molecule has 0 bridgehead atoms. The van der Waals surface area contributed by atoms with Gasteiger partial charge in [0, 0.05) is 6.42 Å². The molecule has 2 atom stereocenters. The summed E-state index contributed by atoms with van der Waals surface area (Å²) in [6, 6.07) is -0.655. The van der Waals surface area contributed by atoms with Crippen LogP contribution in [0.25, 0.3) is 0 Å². The molecule has 4 nitrogen and oxygen atoms in total. The maximum atomic E-state index is 12.6. The topological polar surface area (TPSA) is 69.6 Å². The fourth-order valence-electron chi connectivity index (χ4n) is 10.8. The van der Waals surface area contributed by atoms with E-state index in [9.17, 15) is 15.0 Å². The molecule has 0 aliphatic rings. The summed E-state index contributed by atoms with van der Waals surface area (Å²) in [6.07, 6.45) is 116. The molecule has 0 spiro atoms. The first-order chi connectivity index (χ1) is 42.2. The molecule has 0 aliphatic heterocycles. The molecule has 4 heteroatoms. The van der Waals surface area contributed by atoms with E-state index in [1.54, 1.807) is 6.08 Å². The van der Waals surface area contributed by atoms with Gasteiger partial charge < -0.3 is 15.5 Å². The van der Waals surface area contributed by atoms with Crippen molar-refractivity contribution in [2.75, 3.05) is 6.61 Å². The van der Waals surface area contributed by atoms with Crippen LogP contribution in [0.1, 0.15) is 354 Å². The van der Waals surface area contributed by atoms with Gasteiger partial charge in [0.25, 0.3) is 0 Å². The van der Waals surface area contributed by atoms with Crippen molar-refractivity contribution in [1.82, 2.24) is 5.32 Å². The number of aliphatic hydroxyl groups excluding tert-OH is 2. The van der Waals surface area contributed by atoms with Crippen LogP contribution >= 0.6 is 0 Å².